The molecule has 13 heteroatoms. The highest BCUT2D eigenvalue weighted by Crippen LogP contribution is 2.34. The minimum absolute atomic E-state index is 0.0879. The highest BCUT2D eigenvalue weighted by Gasteiger charge is 2.33. The predicted octanol–water partition coefficient (Wildman–Crippen LogP) is 5.23. The summed E-state index contributed by atoms with van der Waals surface area (Å²) in [5.41, 5.74) is 6.90. The number of nitrogens with two attached hydrogens (primary N) is 1. The molecule has 214 valence electrons. The van der Waals surface area contributed by atoms with Gasteiger partial charge in [0, 0.05) is 41.8 Å². The van der Waals surface area contributed by atoms with E-state index in [1.807, 2.05) is 6.92 Å². The van der Waals surface area contributed by atoms with Crippen LogP contribution in [0.15, 0.2) is 42.6 Å². The number of nitrogens with zero attached hydrogens (tertiary/aromatic N) is 2. The van der Waals surface area contributed by atoms with Crippen molar-refractivity contribution in [1.82, 2.24) is 4.98 Å². The van der Waals surface area contributed by atoms with E-state index in [9.17, 15) is 27.9 Å². The monoisotopic (exact) mass is 577 g/mol. The van der Waals surface area contributed by atoms with Gasteiger partial charge in [-0.05, 0) is 68.5 Å². The second-order valence-corrected chi connectivity index (χ2v) is 10.8. The summed E-state index contributed by atoms with van der Waals surface area (Å²) in [6.07, 6.45) is -0.353. The van der Waals surface area contributed by atoms with Crippen LogP contribution in [-0.4, -0.2) is 52.3 Å². The molecule has 1 aliphatic heterocycles. The SMILES string of the molecule is Cc1ccc(NC(=O)c2cc(N3CCC(O)CC3)cc(C(F)(F)F)c2)cc1N.O=C(O)c1cnc(NC2CC2)s1. The molecule has 5 rings (SSSR count). The van der Waals surface area contributed by atoms with Gasteiger partial charge in [0.25, 0.3) is 5.91 Å². The maximum Gasteiger partial charge on any atom is 0.416 e. The van der Waals surface area contributed by atoms with Gasteiger partial charge >= 0.3 is 12.1 Å². The van der Waals surface area contributed by atoms with Crippen molar-refractivity contribution in [2.24, 2.45) is 0 Å². The summed E-state index contributed by atoms with van der Waals surface area (Å²) in [6, 6.07) is 8.78. The molecule has 2 aliphatic rings. The Hall–Kier alpha value is -3.84. The van der Waals surface area contributed by atoms with E-state index in [0.29, 0.717) is 49.0 Å². The molecule has 9 nitrogen and oxygen atoms in total. The van der Waals surface area contributed by atoms with Crippen LogP contribution in [0.1, 0.15) is 56.8 Å². The maximum absolute atomic E-state index is 13.4. The third-order valence-electron chi connectivity index (χ3n) is 6.50. The molecule has 6 N–H and O–H groups in total. The van der Waals surface area contributed by atoms with Gasteiger partial charge in [-0.3, -0.25) is 4.79 Å². The Morgan fingerprint density at radius 3 is 2.38 bits per heavy atom. The van der Waals surface area contributed by atoms with E-state index < -0.39 is 29.7 Å². The van der Waals surface area contributed by atoms with Crippen LogP contribution in [0.4, 0.5) is 35.4 Å². The minimum Gasteiger partial charge on any atom is -0.477 e. The molecule has 0 bridgehead atoms. The van der Waals surface area contributed by atoms with E-state index in [1.54, 1.807) is 23.1 Å². The van der Waals surface area contributed by atoms with Gasteiger partial charge in [0.15, 0.2) is 5.13 Å². The van der Waals surface area contributed by atoms with Crippen molar-refractivity contribution >= 4 is 45.4 Å². The number of rotatable bonds is 6. The normalized spacial score (nSPS) is 15.7. The van der Waals surface area contributed by atoms with Gasteiger partial charge in [-0.1, -0.05) is 17.4 Å². The lowest BCUT2D eigenvalue weighted by Crippen LogP contribution is -2.36. The molecular weight excluding hydrogens is 547 g/mol. The Morgan fingerprint density at radius 2 is 1.80 bits per heavy atom. The van der Waals surface area contributed by atoms with Crippen LogP contribution in [0, 0.1) is 6.92 Å². The fourth-order valence-corrected chi connectivity index (χ4v) is 4.71. The first-order chi connectivity index (χ1) is 18.9. The zero-order valence-electron chi connectivity index (χ0n) is 21.7. The number of carbonyl (C=O) groups excluding carboxylic acids is 1. The lowest BCUT2D eigenvalue weighted by atomic mass is 10.0. The number of alkyl halides is 3. The third-order valence-corrected chi connectivity index (χ3v) is 7.41. The average molecular weight is 578 g/mol. The highest BCUT2D eigenvalue weighted by molar-refractivity contribution is 7.17. The first-order valence-electron chi connectivity index (χ1n) is 12.7. The van der Waals surface area contributed by atoms with E-state index in [2.05, 4.69) is 15.6 Å². The Kier molecular flexibility index (Phi) is 8.84. The van der Waals surface area contributed by atoms with Crippen molar-refractivity contribution in [3.05, 3.63) is 64.2 Å². The molecule has 40 heavy (non-hydrogen) atoms. The number of carboxylic acid groups (broad SMARTS) is 1. The number of aliphatic hydroxyl groups excluding tert-OH is 1. The quantitative estimate of drug-likeness (QED) is 0.251. The van der Waals surface area contributed by atoms with Gasteiger partial charge in [0.2, 0.25) is 0 Å². The lowest BCUT2D eigenvalue weighted by molar-refractivity contribution is -0.137. The fraction of sp³-hybridized carbons (Fsp3) is 0.370. The summed E-state index contributed by atoms with van der Waals surface area (Å²) in [4.78, 5) is 29.0. The Morgan fingerprint density at radius 1 is 1.10 bits per heavy atom. The summed E-state index contributed by atoms with van der Waals surface area (Å²) in [6.45, 7) is 2.67. The number of hydrogen-bond donors (Lipinski definition) is 5. The van der Waals surface area contributed by atoms with E-state index in [-0.39, 0.29) is 10.4 Å². The van der Waals surface area contributed by atoms with E-state index in [1.165, 1.54) is 36.4 Å². The van der Waals surface area contributed by atoms with Crippen molar-refractivity contribution in [2.75, 3.05) is 34.4 Å². The van der Waals surface area contributed by atoms with E-state index >= 15 is 0 Å². The van der Waals surface area contributed by atoms with Crippen LogP contribution in [-0.2, 0) is 6.18 Å². The van der Waals surface area contributed by atoms with Gasteiger partial charge in [-0.15, -0.1) is 0 Å². The number of nitrogens with one attached hydrogen (secondary N) is 2. The second kappa shape index (κ2) is 12.1. The summed E-state index contributed by atoms with van der Waals surface area (Å²) < 4.78 is 40.1. The number of aromatic nitrogens is 1. The number of piperidine rings is 1. The summed E-state index contributed by atoms with van der Waals surface area (Å²) in [5.74, 6) is -1.55. The predicted molar refractivity (Wildman–Crippen MR) is 148 cm³/mol. The number of carboxylic acids is 1. The Bertz CT molecular complexity index is 1370. The van der Waals surface area contributed by atoms with Gasteiger partial charge in [-0.2, -0.15) is 13.2 Å². The van der Waals surface area contributed by atoms with Crippen LogP contribution in [0.3, 0.4) is 0 Å². The summed E-state index contributed by atoms with van der Waals surface area (Å²) in [5, 5.41) is 24.7. The number of aromatic carboxylic acids is 1. The molecule has 2 heterocycles. The molecule has 0 unspecified atom stereocenters. The Labute approximate surface area is 232 Å². The number of carbonyl (C=O) groups is 2. The third kappa shape index (κ3) is 7.85. The molecule has 1 saturated heterocycles. The molecule has 1 aliphatic carbocycles. The number of benzene rings is 2. The van der Waals surface area contributed by atoms with E-state index in [4.69, 9.17) is 10.8 Å². The lowest BCUT2D eigenvalue weighted by Gasteiger charge is -2.32. The van der Waals surface area contributed by atoms with Gasteiger partial charge in [-0.25, -0.2) is 9.78 Å². The number of amides is 1. The van der Waals surface area contributed by atoms with Crippen LogP contribution in [0.5, 0.6) is 0 Å². The van der Waals surface area contributed by atoms with Crippen molar-refractivity contribution in [3.63, 3.8) is 0 Å². The fourth-order valence-electron chi connectivity index (χ4n) is 3.98. The van der Waals surface area contributed by atoms with E-state index in [0.717, 1.165) is 22.8 Å². The van der Waals surface area contributed by atoms with Crippen molar-refractivity contribution in [2.45, 2.75) is 50.9 Å². The number of anilines is 4. The van der Waals surface area contributed by atoms with Crippen molar-refractivity contribution < 1.29 is 33.0 Å². The molecule has 1 saturated carbocycles. The number of nitrogen functional groups attached to an aromatic ring is 1. The largest absolute Gasteiger partial charge is 0.477 e. The van der Waals surface area contributed by atoms with Crippen molar-refractivity contribution in [3.8, 4) is 0 Å². The molecule has 0 spiro atoms. The number of hydrogen-bond acceptors (Lipinski definition) is 8. The van der Waals surface area contributed by atoms with Crippen LogP contribution < -0.4 is 21.3 Å². The molecule has 1 amide bonds. The van der Waals surface area contributed by atoms with Crippen LogP contribution in [0.2, 0.25) is 0 Å². The first-order valence-corrected chi connectivity index (χ1v) is 13.5. The molecule has 2 aromatic carbocycles. The molecule has 0 atom stereocenters. The Balaban J connectivity index is 0.000000255. The molecule has 3 aromatic rings. The summed E-state index contributed by atoms with van der Waals surface area (Å²) >= 11 is 1.19. The smallest absolute Gasteiger partial charge is 0.416 e. The van der Waals surface area contributed by atoms with Crippen LogP contribution in [0.25, 0.3) is 0 Å². The molecule has 2 fully saturated rings. The molecule has 0 radical (unpaired) electrons. The minimum atomic E-state index is -4.57. The number of thiazole rings is 1. The zero-order valence-corrected chi connectivity index (χ0v) is 22.5. The summed E-state index contributed by atoms with van der Waals surface area (Å²) in [7, 11) is 0. The topological polar surface area (TPSA) is 141 Å². The van der Waals surface area contributed by atoms with Gasteiger partial charge in [0.05, 0.1) is 17.9 Å². The average Bonchev–Trinajstić information content (AvgIpc) is 3.59. The van der Waals surface area contributed by atoms with Gasteiger partial charge in [0.1, 0.15) is 4.88 Å². The zero-order chi connectivity index (χ0) is 29.0. The highest BCUT2D eigenvalue weighted by atomic mass is 32.1. The molecule has 1 aromatic heterocycles. The standard InChI is InChI=1S/C20H22F3N3O2.C7H8N2O2S/c1-12-2-3-15(11-18(12)24)25-19(28)13-8-14(20(21,22)23)10-16(9-13)26-6-4-17(27)5-7-26;10-6(11)5-3-8-7(12-5)9-4-1-2-4/h2-3,8-11,17,27H,4-7,24H2,1H3,(H,25,28);3-4H,1-2H2,(H,8,9)(H,10,11). The van der Waals surface area contributed by atoms with Crippen LogP contribution >= 0.6 is 11.3 Å². The molecular formula is C27H30F3N5O4S. The number of aryl methyl sites for hydroxylation is 1. The van der Waals surface area contributed by atoms with Crippen molar-refractivity contribution in [1.29, 1.82) is 0 Å². The first kappa shape index (κ1) is 29.2. The van der Waals surface area contributed by atoms with Gasteiger partial charge < -0.3 is 31.5 Å². The maximum atomic E-state index is 13.4. The number of aliphatic hydroxyl groups is 1. The number of halogens is 3. The second-order valence-electron chi connectivity index (χ2n) is 9.76.